The second-order valence-corrected chi connectivity index (χ2v) is 4.81. The van der Waals surface area contributed by atoms with Crippen LogP contribution in [-0.2, 0) is 11.3 Å². The highest BCUT2D eigenvalue weighted by atomic mass is 35.5. The Hall–Kier alpha value is -0.930. The fraction of sp³-hybridized carbons (Fsp3) is 0.462. The van der Waals surface area contributed by atoms with E-state index >= 15 is 0 Å². The summed E-state index contributed by atoms with van der Waals surface area (Å²) in [5.74, 6) is -0.288. The van der Waals surface area contributed by atoms with Gasteiger partial charge < -0.3 is 4.79 Å². The minimum atomic E-state index is -0.288. The van der Waals surface area contributed by atoms with E-state index in [4.69, 9.17) is 11.6 Å². The SMILES string of the molecule is O=CC1CCCCN1Cc1cc(F)ccc1Cl. The average molecular weight is 256 g/mol. The summed E-state index contributed by atoms with van der Waals surface area (Å²) in [6.07, 6.45) is 4.02. The van der Waals surface area contributed by atoms with Gasteiger partial charge in [-0.2, -0.15) is 0 Å². The van der Waals surface area contributed by atoms with Crippen LogP contribution in [0.2, 0.25) is 5.02 Å². The molecular formula is C13H15ClFNO. The number of nitrogens with zero attached hydrogens (tertiary/aromatic N) is 1. The molecule has 1 fully saturated rings. The Morgan fingerprint density at radius 3 is 3.06 bits per heavy atom. The number of aldehydes is 1. The molecule has 0 spiro atoms. The summed E-state index contributed by atoms with van der Waals surface area (Å²) in [6, 6.07) is 4.30. The predicted molar refractivity (Wildman–Crippen MR) is 65.5 cm³/mol. The van der Waals surface area contributed by atoms with Gasteiger partial charge in [-0.1, -0.05) is 18.0 Å². The Bertz CT molecular complexity index is 410. The molecule has 4 heteroatoms. The first-order valence-corrected chi connectivity index (χ1v) is 6.22. The van der Waals surface area contributed by atoms with Gasteiger partial charge in [0, 0.05) is 11.6 Å². The average Bonchev–Trinajstić information content (AvgIpc) is 2.34. The Kier molecular flexibility index (Phi) is 4.13. The summed E-state index contributed by atoms with van der Waals surface area (Å²) < 4.78 is 13.1. The standard InChI is InChI=1S/C13H15ClFNO/c14-13-5-4-11(15)7-10(13)8-16-6-2-1-3-12(16)9-17/h4-5,7,9,12H,1-3,6,8H2. The Morgan fingerprint density at radius 1 is 1.47 bits per heavy atom. The van der Waals surface area contributed by atoms with Crippen molar-refractivity contribution in [2.24, 2.45) is 0 Å². The van der Waals surface area contributed by atoms with E-state index < -0.39 is 0 Å². The van der Waals surface area contributed by atoms with Crippen LogP contribution in [-0.4, -0.2) is 23.8 Å². The third kappa shape index (κ3) is 3.05. The number of benzene rings is 1. The molecule has 1 aliphatic rings. The summed E-state index contributed by atoms with van der Waals surface area (Å²) in [5.41, 5.74) is 0.750. The summed E-state index contributed by atoms with van der Waals surface area (Å²) in [5, 5.41) is 0.557. The highest BCUT2D eigenvalue weighted by Gasteiger charge is 2.22. The molecule has 2 rings (SSSR count). The summed E-state index contributed by atoms with van der Waals surface area (Å²) in [7, 11) is 0. The van der Waals surface area contributed by atoms with Crippen molar-refractivity contribution in [3.8, 4) is 0 Å². The zero-order valence-corrected chi connectivity index (χ0v) is 10.3. The van der Waals surface area contributed by atoms with Crippen molar-refractivity contribution in [1.82, 2.24) is 4.90 Å². The van der Waals surface area contributed by atoms with E-state index in [1.807, 2.05) is 0 Å². The Morgan fingerprint density at radius 2 is 2.29 bits per heavy atom. The molecule has 1 aromatic carbocycles. The fourth-order valence-electron chi connectivity index (χ4n) is 2.25. The van der Waals surface area contributed by atoms with E-state index in [1.165, 1.54) is 12.1 Å². The number of piperidine rings is 1. The lowest BCUT2D eigenvalue weighted by Crippen LogP contribution is -2.39. The number of carbonyl (C=O) groups is 1. The Balaban J connectivity index is 2.13. The third-order valence-electron chi connectivity index (χ3n) is 3.20. The molecule has 1 unspecified atom stereocenters. The molecule has 2 nitrogen and oxygen atoms in total. The maximum absolute atomic E-state index is 13.1. The molecule has 0 amide bonds. The van der Waals surface area contributed by atoms with E-state index in [-0.39, 0.29) is 11.9 Å². The first kappa shape index (κ1) is 12.5. The van der Waals surface area contributed by atoms with Crippen molar-refractivity contribution in [2.75, 3.05) is 6.54 Å². The minimum absolute atomic E-state index is 0.0527. The third-order valence-corrected chi connectivity index (χ3v) is 3.57. The number of likely N-dealkylation sites (tertiary alicyclic amines) is 1. The van der Waals surface area contributed by atoms with Crippen LogP contribution in [0.15, 0.2) is 18.2 Å². The zero-order chi connectivity index (χ0) is 12.3. The van der Waals surface area contributed by atoms with E-state index in [9.17, 15) is 9.18 Å². The maximum atomic E-state index is 13.1. The topological polar surface area (TPSA) is 20.3 Å². The molecular weight excluding hydrogens is 241 g/mol. The molecule has 0 N–H and O–H groups in total. The van der Waals surface area contributed by atoms with E-state index in [2.05, 4.69) is 4.90 Å². The molecule has 92 valence electrons. The van der Waals surface area contributed by atoms with Gasteiger partial charge in [-0.05, 0) is 43.1 Å². The van der Waals surface area contributed by atoms with Crippen molar-refractivity contribution in [2.45, 2.75) is 31.8 Å². The smallest absolute Gasteiger partial charge is 0.137 e. The van der Waals surface area contributed by atoms with Crippen molar-refractivity contribution in [3.63, 3.8) is 0 Å². The molecule has 0 saturated carbocycles. The molecule has 17 heavy (non-hydrogen) atoms. The molecule has 1 aliphatic heterocycles. The van der Waals surface area contributed by atoms with Crippen molar-refractivity contribution in [1.29, 1.82) is 0 Å². The van der Waals surface area contributed by atoms with Crippen molar-refractivity contribution < 1.29 is 9.18 Å². The quantitative estimate of drug-likeness (QED) is 0.774. The maximum Gasteiger partial charge on any atom is 0.137 e. The van der Waals surface area contributed by atoms with Crippen LogP contribution in [0.4, 0.5) is 4.39 Å². The van der Waals surface area contributed by atoms with Gasteiger partial charge in [-0.15, -0.1) is 0 Å². The van der Waals surface area contributed by atoms with Crippen molar-refractivity contribution >= 4 is 17.9 Å². The Labute approximate surface area is 105 Å². The molecule has 1 heterocycles. The lowest BCUT2D eigenvalue weighted by molar-refractivity contribution is -0.113. The van der Waals surface area contributed by atoms with Gasteiger partial charge in [0.2, 0.25) is 0 Å². The largest absolute Gasteiger partial charge is 0.302 e. The van der Waals surface area contributed by atoms with Gasteiger partial charge in [0.25, 0.3) is 0 Å². The van der Waals surface area contributed by atoms with Gasteiger partial charge in [0.05, 0.1) is 6.04 Å². The molecule has 1 atom stereocenters. The van der Waals surface area contributed by atoms with Gasteiger partial charge in [-0.3, -0.25) is 4.90 Å². The number of hydrogen-bond donors (Lipinski definition) is 0. The molecule has 0 aliphatic carbocycles. The molecule has 0 aromatic heterocycles. The van der Waals surface area contributed by atoms with Gasteiger partial charge >= 0.3 is 0 Å². The zero-order valence-electron chi connectivity index (χ0n) is 9.53. The first-order chi connectivity index (χ1) is 8.20. The summed E-state index contributed by atoms with van der Waals surface area (Å²) >= 11 is 6.02. The first-order valence-electron chi connectivity index (χ1n) is 5.84. The lowest BCUT2D eigenvalue weighted by atomic mass is 10.0. The number of hydrogen-bond acceptors (Lipinski definition) is 2. The van der Waals surface area contributed by atoms with Crippen LogP contribution in [0.5, 0.6) is 0 Å². The molecule has 1 aromatic rings. The van der Waals surface area contributed by atoms with E-state index in [0.717, 1.165) is 37.7 Å². The van der Waals surface area contributed by atoms with Crippen molar-refractivity contribution in [3.05, 3.63) is 34.6 Å². The minimum Gasteiger partial charge on any atom is -0.302 e. The second kappa shape index (κ2) is 5.61. The predicted octanol–water partition coefficient (Wildman–Crippen LogP) is 3.03. The second-order valence-electron chi connectivity index (χ2n) is 4.41. The van der Waals surface area contributed by atoms with Crippen LogP contribution in [0.25, 0.3) is 0 Å². The number of carbonyl (C=O) groups excluding carboxylic acids is 1. The number of halogens is 2. The van der Waals surface area contributed by atoms with Crippen LogP contribution in [0.1, 0.15) is 24.8 Å². The highest BCUT2D eigenvalue weighted by Crippen LogP contribution is 2.23. The number of rotatable bonds is 3. The molecule has 0 bridgehead atoms. The van der Waals surface area contributed by atoms with Gasteiger partial charge in [-0.25, -0.2) is 4.39 Å². The van der Waals surface area contributed by atoms with Gasteiger partial charge in [0.1, 0.15) is 12.1 Å². The summed E-state index contributed by atoms with van der Waals surface area (Å²) in [6.45, 7) is 1.41. The highest BCUT2D eigenvalue weighted by molar-refractivity contribution is 6.31. The van der Waals surface area contributed by atoms with Crippen LogP contribution < -0.4 is 0 Å². The van der Waals surface area contributed by atoms with E-state index in [0.29, 0.717) is 11.6 Å². The van der Waals surface area contributed by atoms with Crippen LogP contribution >= 0.6 is 11.6 Å². The lowest BCUT2D eigenvalue weighted by Gasteiger charge is -2.32. The summed E-state index contributed by atoms with van der Waals surface area (Å²) in [4.78, 5) is 13.0. The molecule has 0 radical (unpaired) electrons. The fourth-order valence-corrected chi connectivity index (χ4v) is 2.43. The normalized spacial score (nSPS) is 21.4. The molecule has 1 saturated heterocycles. The monoisotopic (exact) mass is 255 g/mol. The van der Waals surface area contributed by atoms with Crippen LogP contribution in [0, 0.1) is 5.82 Å². The van der Waals surface area contributed by atoms with Crippen LogP contribution in [0.3, 0.4) is 0 Å². The van der Waals surface area contributed by atoms with Gasteiger partial charge in [0.15, 0.2) is 0 Å². The van der Waals surface area contributed by atoms with E-state index in [1.54, 1.807) is 6.07 Å².